The Morgan fingerprint density at radius 1 is 1.23 bits per heavy atom. The number of fused-ring (bicyclic) bond motifs is 4. The molecule has 9 nitrogen and oxygen atoms in total. The molecule has 3 aromatic heterocycles. The lowest BCUT2D eigenvalue weighted by atomic mass is 10.2. The second kappa shape index (κ2) is 3.85. The normalized spacial score (nSPS) is 13.3. The summed E-state index contributed by atoms with van der Waals surface area (Å²) in [7, 11) is 0. The minimum absolute atomic E-state index is 0.201. The number of rotatable bonds is 1. The number of aromatic nitrogens is 6. The van der Waals surface area contributed by atoms with E-state index < -0.39 is 0 Å². The maximum atomic E-state index is 12.0. The third-order valence-electron chi connectivity index (χ3n) is 3.54. The van der Waals surface area contributed by atoms with Crippen LogP contribution in [0, 0.1) is 0 Å². The predicted octanol–water partition coefficient (Wildman–Crippen LogP) is 0.690. The summed E-state index contributed by atoms with van der Waals surface area (Å²) in [6.07, 6.45) is 1.60. The van der Waals surface area contributed by atoms with Crippen LogP contribution >= 0.6 is 0 Å². The summed E-state index contributed by atoms with van der Waals surface area (Å²) in [5.41, 5.74) is 1.32. The average Bonchev–Trinajstić information content (AvgIpc) is 3.24. The molecule has 2 N–H and O–H groups in total. The molecule has 5 rings (SSSR count). The van der Waals surface area contributed by atoms with Crippen LogP contribution in [0.3, 0.4) is 0 Å². The quantitative estimate of drug-likeness (QED) is 0.534. The molecule has 9 heteroatoms. The minimum Gasteiger partial charge on any atom is -0.454 e. The molecule has 1 aromatic carbocycles. The highest BCUT2D eigenvalue weighted by atomic mass is 16.7. The van der Waals surface area contributed by atoms with Gasteiger partial charge in [0.2, 0.25) is 6.79 Å². The number of hydrogen-bond acceptors (Lipinski definition) is 6. The van der Waals surface area contributed by atoms with E-state index in [1.807, 2.05) is 6.07 Å². The Kier molecular flexibility index (Phi) is 1.98. The molecule has 0 radical (unpaired) electrons. The number of nitrogens with zero attached hydrogens (tertiary/aromatic N) is 4. The Labute approximate surface area is 121 Å². The van der Waals surface area contributed by atoms with Crippen LogP contribution in [-0.2, 0) is 0 Å². The highest BCUT2D eigenvalue weighted by molar-refractivity contribution is 5.88. The fraction of sp³-hybridized carbons (Fsp3) is 0.0769. The summed E-state index contributed by atoms with van der Waals surface area (Å²) in [5.74, 6) is 1.75. The van der Waals surface area contributed by atoms with Gasteiger partial charge in [-0.1, -0.05) is 0 Å². The number of hydrogen-bond donors (Lipinski definition) is 2. The third kappa shape index (κ3) is 1.41. The van der Waals surface area contributed by atoms with Crippen LogP contribution in [0.1, 0.15) is 0 Å². The Hall–Kier alpha value is -3.36. The topological polar surface area (TPSA) is 110 Å². The molecular formula is C13H8N6O3. The fourth-order valence-corrected chi connectivity index (χ4v) is 2.50. The number of ether oxygens (including phenoxy) is 2. The van der Waals surface area contributed by atoms with Crippen LogP contribution in [0.5, 0.6) is 11.5 Å². The van der Waals surface area contributed by atoms with Gasteiger partial charge in [0.1, 0.15) is 5.65 Å². The van der Waals surface area contributed by atoms with Gasteiger partial charge in [-0.2, -0.15) is 9.61 Å². The molecule has 4 heterocycles. The molecular weight excluding hydrogens is 288 g/mol. The zero-order valence-corrected chi connectivity index (χ0v) is 11.0. The van der Waals surface area contributed by atoms with Crippen LogP contribution in [0.15, 0.2) is 29.2 Å². The molecule has 0 amide bonds. The van der Waals surface area contributed by atoms with Crippen molar-refractivity contribution in [3.8, 4) is 22.9 Å². The lowest BCUT2D eigenvalue weighted by molar-refractivity contribution is 0.174. The summed E-state index contributed by atoms with van der Waals surface area (Å²) in [6, 6.07) is 5.40. The van der Waals surface area contributed by atoms with Crippen molar-refractivity contribution in [3.05, 3.63) is 34.9 Å². The van der Waals surface area contributed by atoms with Crippen molar-refractivity contribution < 1.29 is 9.47 Å². The summed E-state index contributed by atoms with van der Waals surface area (Å²) in [6.45, 7) is 0.201. The van der Waals surface area contributed by atoms with Crippen molar-refractivity contribution in [1.29, 1.82) is 0 Å². The van der Waals surface area contributed by atoms with Gasteiger partial charge in [0.25, 0.3) is 0 Å². The molecule has 0 aliphatic carbocycles. The van der Waals surface area contributed by atoms with Crippen molar-refractivity contribution >= 4 is 16.7 Å². The molecule has 0 spiro atoms. The van der Waals surface area contributed by atoms with Gasteiger partial charge in [-0.3, -0.25) is 10.1 Å². The number of aromatic amines is 2. The first-order valence-electron chi connectivity index (χ1n) is 6.52. The van der Waals surface area contributed by atoms with Gasteiger partial charge in [0.15, 0.2) is 23.0 Å². The van der Waals surface area contributed by atoms with Crippen molar-refractivity contribution in [1.82, 2.24) is 29.8 Å². The molecule has 0 saturated heterocycles. The summed E-state index contributed by atoms with van der Waals surface area (Å²) in [5, 5.41) is 11.6. The van der Waals surface area contributed by atoms with E-state index in [0.717, 1.165) is 5.56 Å². The van der Waals surface area contributed by atoms with Crippen molar-refractivity contribution in [2.75, 3.05) is 6.79 Å². The smallest absolute Gasteiger partial charge is 0.349 e. The van der Waals surface area contributed by atoms with E-state index >= 15 is 0 Å². The van der Waals surface area contributed by atoms with E-state index in [1.54, 1.807) is 18.3 Å². The van der Waals surface area contributed by atoms with Gasteiger partial charge in [-0.25, -0.2) is 9.78 Å². The van der Waals surface area contributed by atoms with Crippen LogP contribution in [0.2, 0.25) is 0 Å². The largest absolute Gasteiger partial charge is 0.454 e. The first-order chi connectivity index (χ1) is 10.8. The third-order valence-corrected chi connectivity index (χ3v) is 3.54. The summed E-state index contributed by atoms with van der Waals surface area (Å²) in [4.78, 5) is 19.1. The van der Waals surface area contributed by atoms with Gasteiger partial charge in [-0.15, -0.1) is 5.10 Å². The lowest BCUT2D eigenvalue weighted by Crippen LogP contribution is -2.17. The molecule has 1 aliphatic rings. The van der Waals surface area contributed by atoms with Gasteiger partial charge in [0, 0.05) is 5.56 Å². The van der Waals surface area contributed by atoms with Gasteiger partial charge >= 0.3 is 5.69 Å². The van der Waals surface area contributed by atoms with Gasteiger partial charge in [0.05, 0.1) is 11.6 Å². The monoisotopic (exact) mass is 296 g/mol. The maximum absolute atomic E-state index is 12.0. The van der Waals surface area contributed by atoms with Crippen LogP contribution in [0.4, 0.5) is 0 Å². The minimum atomic E-state index is -0.383. The van der Waals surface area contributed by atoms with Crippen LogP contribution in [-0.4, -0.2) is 36.6 Å². The molecule has 0 unspecified atom stereocenters. The fourth-order valence-electron chi connectivity index (χ4n) is 2.50. The molecule has 4 aromatic rings. The molecule has 0 atom stereocenters. The summed E-state index contributed by atoms with van der Waals surface area (Å²) >= 11 is 0. The number of H-pyrrole nitrogens is 2. The van der Waals surface area contributed by atoms with E-state index in [9.17, 15) is 4.79 Å². The number of benzene rings is 1. The second-order valence-corrected chi connectivity index (χ2v) is 4.83. The van der Waals surface area contributed by atoms with Gasteiger partial charge in [-0.05, 0) is 18.2 Å². The Bertz CT molecular complexity index is 1090. The first-order valence-corrected chi connectivity index (χ1v) is 6.52. The van der Waals surface area contributed by atoms with E-state index in [1.165, 1.54) is 4.52 Å². The second-order valence-electron chi connectivity index (χ2n) is 4.83. The highest BCUT2D eigenvalue weighted by Gasteiger charge is 2.17. The predicted molar refractivity (Wildman–Crippen MR) is 74.8 cm³/mol. The number of nitrogens with one attached hydrogen (secondary N) is 2. The van der Waals surface area contributed by atoms with Crippen molar-refractivity contribution in [3.63, 3.8) is 0 Å². The van der Waals surface area contributed by atoms with E-state index in [-0.39, 0.29) is 12.5 Å². The van der Waals surface area contributed by atoms with Crippen molar-refractivity contribution in [2.45, 2.75) is 0 Å². The zero-order chi connectivity index (χ0) is 14.7. The van der Waals surface area contributed by atoms with Crippen molar-refractivity contribution in [2.24, 2.45) is 0 Å². The molecule has 0 saturated carbocycles. The maximum Gasteiger partial charge on any atom is 0.349 e. The zero-order valence-electron chi connectivity index (χ0n) is 11.0. The molecule has 108 valence electrons. The summed E-state index contributed by atoms with van der Waals surface area (Å²) < 4.78 is 11.8. The molecule has 0 fully saturated rings. The Morgan fingerprint density at radius 3 is 3.09 bits per heavy atom. The van der Waals surface area contributed by atoms with E-state index in [4.69, 9.17) is 9.47 Å². The van der Waals surface area contributed by atoms with Crippen LogP contribution in [0.25, 0.3) is 28.1 Å². The van der Waals surface area contributed by atoms with E-state index in [0.29, 0.717) is 34.0 Å². The van der Waals surface area contributed by atoms with Crippen LogP contribution < -0.4 is 15.2 Å². The lowest BCUT2D eigenvalue weighted by Gasteiger charge is -1.97. The molecule has 1 aliphatic heterocycles. The molecule has 22 heavy (non-hydrogen) atoms. The van der Waals surface area contributed by atoms with E-state index in [2.05, 4.69) is 25.3 Å². The standard InChI is InChI=1S/C13H8N6O3/c20-13-16-11-7(4-14-17-11)12-15-10(18-19(12)13)6-1-2-8-9(3-6)22-5-21-8/h1-4H,5H2,(H2,14,16,17,20). The Balaban J connectivity index is 1.78. The van der Waals surface area contributed by atoms with Gasteiger partial charge < -0.3 is 9.47 Å². The first kappa shape index (κ1) is 11.3. The molecule has 0 bridgehead atoms. The highest BCUT2D eigenvalue weighted by Crippen LogP contribution is 2.35. The average molecular weight is 296 g/mol. The SMILES string of the molecule is O=c1[nH]c2[nH]ncc2c2nc(-c3ccc4c(c3)OCO4)nn12. The Morgan fingerprint density at radius 2 is 2.14 bits per heavy atom.